The largest absolute Gasteiger partial charge is 0.480 e. The van der Waals surface area contributed by atoms with Crippen LogP contribution in [-0.2, 0) is 15.0 Å². The third-order valence-electron chi connectivity index (χ3n) is 2.70. The molecule has 1 aliphatic heterocycles. The van der Waals surface area contributed by atoms with Gasteiger partial charge in [0.15, 0.2) is 5.13 Å². The van der Waals surface area contributed by atoms with Crippen LogP contribution in [0, 0.1) is 0 Å². The van der Waals surface area contributed by atoms with E-state index in [0.717, 1.165) is 22.1 Å². The summed E-state index contributed by atoms with van der Waals surface area (Å²) < 4.78 is 27.5. The maximum absolute atomic E-state index is 12.1. The van der Waals surface area contributed by atoms with Crippen LogP contribution in [0.3, 0.4) is 0 Å². The Kier molecular flexibility index (Phi) is 3.83. The summed E-state index contributed by atoms with van der Waals surface area (Å²) >= 11 is 1.15. The molecule has 1 aromatic heterocycles. The average Bonchev–Trinajstić information content (AvgIpc) is 2.81. The first-order chi connectivity index (χ1) is 8.50. The SMILES string of the molecule is O=C(O)C1CCCCN1S(=O)(=O)Nc1nccs1. The summed E-state index contributed by atoms with van der Waals surface area (Å²) in [5, 5.41) is 10.9. The molecule has 9 heteroatoms. The highest BCUT2D eigenvalue weighted by molar-refractivity contribution is 7.90. The van der Waals surface area contributed by atoms with Crippen molar-refractivity contribution in [3.8, 4) is 0 Å². The molecule has 2 heterocycles. The molecule has 0 radical (unpaired) electrons. The van der Waals surface area contributed by atoms with Crippen molar-refractivity contribution in [1.82, 2.24) is 9.29 Å². The van der Waals surface area contributed by atoms with Crippen LogP contribution in [0.2, 0.25) is 0 Å². The van der Waals surface area contributed by atoms with Crippen LogP contribution in [0.1, 0.15) is 19.3 Å². The van der Waals surface area contributed by atoms with Crippen LogP contribution in [0.4, 0.5) is 5.13 Å². The van der Waals surface area contributed by atoms with Gasteiger partial charge >= 0.3 is 16.2 Å². The number of thiazole rings is 1. The van der Waals surface area contributed by atoms with Gasteiger partial charge in [-0.1, -0.05) is 0 Å². The van der Waals surface area contributed by atoms with Crippen LogP contribution in [0.5, 0.6) is 0 Å². The zero-order valence-corrected chi connectivity index (χ0v) is 11.1. The Balaban J connectivity index is 2.19. The molecule has 1 aliphatic rings. The number of aliphatic carboxylic acids is 1. The fraction of sp³-hybridized carbons (Fsp3) is 0.556. The number of nitrogens with one attached hydrogen (secondary N) is 1. The summed E-state index contributed by atoms with van der Waals surface area (Å²) in [6, 6.07) is -0.990. The molecule has 0 spiro atoms. The average molecular weight is 291 g/mol. The lowest BCUT2D eigenvalue weighted by atomic mass is 10.1. The number of rotatable bonds is 4. The minimum atomic E-state index is -3.85. The first kappa shape index (κ1) is 13.2. The van der Waals surface area contributed by atoms with E-state index in [1.165, 1.54) is 6.20 Å². The molecule has 2 rings (SSSR count). The summed E-state index contributed by atoms with van der Waals surface area (Å²) in [6.45, 7) is 0.220. The molecule has 1 saturated heterocycles. The van der Waals surface area contributed by atoms with Crippen molar-refractivity contribution in [2.45, 2.75) is 25.3 Å². The second-order valence-corrected chi connectivity index (χ2v) is 6.42. The normalized spacial score (nSPS) is 21.7. The summed E-state index contributed by atoms with van der Waals surface area (Å²) in [5.74, 6) is -1.11. The van der Waals surface area contributed by atoms with E-state index in [9.17, 15) is 13.2 Å². The van der Waals surface area contributed by atoms with Crippen LogP contribution in [0.25, 0.3) is 0 Å². The van der Waals surface area contributed by atoms with E-state index in [2.05, 4.69) is 9.71 Å². The van der Waals surface area contributed by atoms with Gasteiger partial charge in [-0.25, -0.2) is 9.71 Å². The summed E-state index contributed by atoms with van der Waals surface area (Å²) in [4.78, 5) is 14.9. The zero-order valence-electron chi connectivity index (χ0n) is 9.44. The van der Waals surface area contributed by atoms with Crippen molar-refractivity contribution in [3.63, 3.8) is 0 Å². The number of carboxylic acids is 1. The number of anilines is 1. The fourth-order valence-corrected chi connectivity index (χ4v) is 4.05. The quantitative estimate of drug-likeness (QED) is 0.852. The van der Waals surface area contributed by atoms with Gasteiger partial charge < -0.3 is 5.11 Å². The lowest BCUT2D eigenvalue weighted by molar-refractivity contribution is -0.142. The van der Waals surface area contributed by atoms with Crippen molar-refractivity contribution < 1.29 is 18.3 Å². The van der Waals surface area contributed by atoms with E-state index in [4.69, 9.17) is 5.11 Å². The third kappa shape index (κ3) is 2.79. The molecule has 7 nitrogen and oxygen atoms in total. The number of hydrogen-bond acceptors (Lipinski definition) is 5. The standard InChI is InChI=1S/C9H13N3O4S2/c13-8(14)7-3-1-2-5-12(7)18(15,16)11-9-10-4-6-17-9/h4,6-7H,1-3,5H2,(H,10,11)(H,13,14). The molecule has 0 saturated carbocycles. The molecule has 1 atom stereocenters. The monoisotopic (exact) mass is 291 g/mol. The van der Waals surface area contributed by atoms with Gasteiger partial charge in [-0.05, 0) is 19.3 Å². The molecule has 18 heavy (non-hydrogen) atoms. The van der Waals surface area contributed by atoms with Gasteiger partial charge in [-0.2, -0.15) is 12.7 Å². The minimum absolute atomic E-state index is 0.220. The molecule has 0 amide bonds. The highest BCUT2D eigenvalue weighted by atomic mass is 32.2. The van der Waals surface area contributed by atoms with Gasteiger partial charge in [-0.15, -0.1) is 11.3 Å². The summed E-state index contributed by atoms with van der Waals surface area (Å²) in [7, 11) is -3.85. The first-order valence-corrected chi connectivity index (χ1v) is 7.74. The topological polar surface area (TPSA) is 99.6 Å². The van der Waals surface area contributed by atoms with Crippen LogP contribution >= 0.6 is 11.3 Å². The van der Waals surface area contributed by atoms with E-state index in [0.29, 0.717) is 12.8 Å². The van der Waals surface area contributed by atoms with Gasteiger partial charge in [0.2, 0.25) is 0 Å². The number of nitrogens with zero attached hydrogens (tertiary/aromatic N) is 2. The summed E-state index contributed by atoms with van der Waals surface area (Å²) in [6.07, 6.45) is 3.21. The number of carbonyl (C=O) groups is 1. The summed E-state index contributed by atoms with van der Waals surface area (Å²) in [5.41, 5.74) is 0. The first-order valence-electron chi connectivity index (χ1n) is 5.42. The minimum Gasteiger partial charge on any atom is -0.480 e. The van der Waals surface area contributed by atoms with Crippen molar-refractivity contribution in [2.75, 3.05) is 11.3 Å². The number of hydrogen-bond donors (Lipinski definition) is 2. The van der Waals surface area contributed by atoms with Crippen molar-refractivity contribution >= 4 is 32.6 Å². The van der Waals surface area contributed by atoms with E-state index in [-0.39, 0.29) is 11.7 Å². The molecular weight excluding hydrogens is 278 g/mol. The zero-order chi connectivity index (χ0) is 13.2. The second-order valence-electron chi connectivity index (χ2n) is 3.90. The van der Waals surface area contributed by atoms with E-state index in [1.807, 2.05) is 0 Å². The van der Waals surface area contributed by atoms with E-state index >= 15 is 0 Å². The van der Waals surface area contributed by atoms with Crippen molar-refractivity contribution in [1.29, 1.82) is 0 Å². The van der Waals surface area contributed by atoms with Gasteiger partial charge in [0.1, 0.15) is 6.04 Å². The van der Waals surface area contributed by atoms with Gasteiger partial charge in [0.25, 0.3) is 0 Å². The molecule has 0 bridgehead atoms. The van der Waals surface area contributed by atoms with Crippen LogP contribution < -0.4 is 4.72 Å². The van der Waals surface area contributed by atoms with Crippen LogP contribution in [-0.4, -0.2) is 41.4 Å². The maximum atomic E-state index is 12.1. The molecular formula is C9H13N3O4S2. The molecule has 1 aromatic rings. The highest BCUT2D eigenvalue weighted by Crippen LogP contribution is 2.22. The van der Waals surface area contributed by atoms with E-state index < -0.39 is 22.2 Å². The molecule has 0 aliphatic carbocycles. The van der Waals surface area contributed by atoms with Crippen LogP contribution in [0.15, 0.2) is 11.6 Å². The number of aromatic nitrogens is 1. The fourth-order valence-electron chi connectivity index (χ4n) is 1.88. The second kappa shape index (κ2) is 5.21. The Labute approximate surface area is 109 Å². The highest BCUT2D eigenvalue weighted by Gasteiger charge is 2.37. The lowest BCUT2D eigenvalue weighted by Crippen LogP contribution is -2.49. The number of carboxylic acid groups (broad SMARTS) is 1. The molecule has 2 N–H and O–H groups in total. The molecule has 100 valence electrons. The van der Waals surface area contributed by atoms with Gasteiger partial charge in [0.05, 0.1) is 0 Å². The lowest BCUT2D eigenvalue weighted by Gasteiger charge is -2.31. The third-order valence-corrected chi connectivity index (χ3v) is 5.02. The predicted molar refractivity (Wildman–Crippen MR) is 66.6 cm³/mol. The van der Waals surface area contributed by atoms with Crippen molar-refractivity contribution in [3.05, 3.63) is 11.6 Å². The molecule has 1 fully saturated rings. The Morgan fingerprint density at radius 3 is 2.94 bits per heavy atom. The smallest absolute Gasteiger partial charge is 0.322 e. The van der Waals surface area contributed by atoms with Crippen molar-refractivity contribution in [2.24, 2.45) is 0 Å². The predicted octanol–water partition coefficient (Wildman–Crippen LogP) is 0.739. The van der Waals surface area contributed by atoms with E-state index in [1.54, 1.807) is 5.38 Å². The molecule has 0 aromatic carbocycles. The Morgan fingerprint density at radius 2 is 2.33 bits per heavy atom. The van der Waals surface area contributed by atoms with Gasteiger partial charge in [0, 0.05) is 18.1 Å². The number of piperidine rings is 1. The Bertz CT molecular complexity index is 514. The maximum Gasteiger partial charge on any atom is 0.322 e. The van der Waals surface area contributed by atoms with Gasteiger partial charge in [-0.3, -0.25) is 4.79 Å². The Morgan fingerprint density at radius 1 is 1.56 bits per heavy atom. The molecule has 1 unspecified atom stereocenters. The Hall–Kier alpha value is -1.19.